The molecule has 0 aliphatic heterocycles. The van der Waals surface area contributed by atoms with Crippen molar-refractivity contribution in [3.05, 3.63) is 100 Å². The smallest absolute Gasteiger partial charge is 0.336 e. The molecular weight excluding hydrogens is 408 g/mol. The topological polar surface area (TPSA) is 97.6 Å². The number of ether oxygens (including phenoxy) is 1. The van der Waals surface area contributed by atoms with Gasteiger partial charge < -0.3 is 19.8 Å². The number of fused-ring (bicyclic) bond motifs is 1. The molecule has 0 bridgehead atoms. The molecule has 2 N–H and O–H groups in total. The summed E-state index contributed by atoms with van der Waals surface area (Å²) in [6, 6.07) is 22.1. The molecule has 4 aromatic rings. The van der Waals surface area contributed by atoms with E-state index in [2.05, 4.69) is 10.6 Å². The number of hydrogen-bond acceptors (Lipinski definition) is 5. The quantitative estimate of drug-likeness (QED) is 0.445. The van der Waals surface area contributed by atoms with Gasteiger partial charge in [0.25, 0.3) is 11.8 Å². The highest BCUT2D eigenvalue weighted by molar-refractivity contribution is 6.10. The lowest BCUT2D eigenvalue weighted by atomic mass is 10.1. The van der Waals surface area contributed by atoms with Gasteiger partial charge in [0.15, 0.2) is 6.61 Å². The fourth-order valence-corrected chi connectivity index (χ4v) is 3.18. The summed E-state index contributed by atoms with van der Waals surface area (Å²) in [6.45, 7) is 1.66. The molecule has 0 aliphatic rings. The minimum atomic E-state index is -0.465. The molecule has 160 valence electrons. The van der Waals surface area contributed by atoms with Gasteiger partial charge in [-0.3, -0.25) is 9.59 Å². The van der Waals surface area contributed by atoms with Gasteiger partial charge in [0.05, 0.1) is 11.3 Å². The summed E-state index contributed by atoms with van der Waals surface area (Å²) in [6.07, 6.45) is 0. The summed E-state index contributed by atoms with van der Waals surface area (Å²) in [4.78, 5) is 36.5. The molecule has 7 heteroatoms. The van der Waals surface area contributed by atoms with Crippen LogP contribution in [-0.2, 0) is 4.79 Å². The van der Waals surface area contributed by atoms with E-state index in [4.69, 9.17) is 9.15 Å². The Morgan fingerprint density at radius 2 is 1.72 bits per heavy atom. The highest BCUT2D eigenvalue weighted by Crippen LogP contribution is 2.20. The molecule has 0 atom stereocenters. The van der Waals surface area contributed by atoms with Crippen LogP contribution in [0.1, 0.15) is 15.9 Å². The Hall–Kier alpha value is -4.39. The lowest BCUT2D eigenvalue weighted by molar-refractivity contribution is -0.118. The van der Waals surface area contributed by atoms with Crippen molar-refractivity contribution >= 4 is 34.2 Å². The van der Waals surface area contributed by atoms with Crippen molar-refractivity contribution in [2.24, 2.45) is 0 Å². The number of benzene rings is 3. The molecular formula is C25H20N2O5. The number of rotatable bonds is 6. The van der Waals surface area contributed by atoms with Gasteiger partial charge >= 0.3 is 5.63 Å². The molecule has 1 heterocycles. The predicted molar refractivity (Wildman–Crippen MR) is 122 cm³/mol. The Morgan fingerprint density at radius 1 is 0.906 bits per heavy atom. The number of anilines is 2. The first kappa shape index (κ1) is 20.9. The minimum Gasteiger partial charge on any atom is -0.484 e. The van der Waals surface area contributed by atoms with Crippen molar-refractivity contribution in [2.75, 3.05) is 17.2 Å². The number of carbonyl (C=O) groups is 2. The molecule has 0 aliphatic carbocycles. The Labute approximate surface area is 183 Å². The lowest BCUT2D eigenvalue weighted by Crippen LogP contribution is -2.22. The van der Waals surface area contributed by atoms with Crippen LogP contribution in [0.25, 0.3) is 11.0 Å². The van der Waals surface area contributed by atoms with Gasteiger partial charge in [0, 0.05) is 23.2 Å². The molecule has 0 saturated heterocycles. The van der Waals surface area contributed by atoms with Gasteiger partial charge in [-0.25, -0.2) is 4.79 Å². The van der Waals surface area contributed by atoms with Gasteiger partial charge in [0.1, 0.15) is 11.3 Å². The highest BCUT2D eigenvalue weighted by atomic mass is 16.5. The van der Waals surface area contributed by atoms with Crippen molar-refractivity contribution in [2.45, 2.75) is 6.92 Å². The molecule has 0 saturated carbocycles. The van der Waals surface area contributed by atoms with Gasteiger partial charge in [-0.15, -0.1) is 0 Å². The second kappa shape index (κ2) is 9.18. The second-order valence-corrected chi connectivity index (χ2v) is 7.16. The van der Waals surface area contributed by atoms with E-state index >= 15 is 0 Å². The highest BCUT2D eigenvalue weighted by Gasteiger charge is 2.14. The summed E-state index contributed by atoms with van der Waals surface area (Å²) in [5.74, 6) is -0.389. The molecule has 32 heavy (non-hydrogen) atoms. The van der Waals surface area contributed by atoms with E-state index < -0.39 is 11.5 Å². The lowest BCUT2D eigenvalue weighted by Gasteiger charge is -2.12. The molecule has 2 amide bonds. The third-order valence-corrected chi connectivity index (χ3v) is 4.69. The molecule has 0 spiro atoms. The van der Waals surface area contributed by atoms with E-state index in [0.29, 0.717) is 28.3 Å². The van der Waals surface area contributed by atoms with Crippen LogP contribution < -0.4 is 21.0 Å². The Bertz CT molecular complexity index is 1360. The number of aryl methyl sites for hydroxylation is 1. The Kier molecular flexibility index (Phi) is 5.98. The van der Waals surface area contributed by atoms with Crippen molar-refractivity contribution in [1.82, 2.24) is 0 Å². The summed E-state index contributed by atoms with van der Waals surface area (Å²) in [7, 11) is 0. The fourth-order valence-electron chi connectivity index (χ4n) is 3.18. The first-order valence-electron chi connectivity index (χ1n) is 9.91. The summed E-state index contributed by atoms with van der Waals surface area (Å²) < 4.78 is 10.6. The number of carbonyl (C=O) groups excluding carboxylic acids is 2. The van der Waals surface area contributed by atoms with Gasteiger partial charge in [0.2, 0.25) is 0 Å². The zero-order chi connectivity index (χ0) is 22.5. The standard InChI is InChI=1S/C25H20N2O5/c1-16-5-4-6-18(13-16)26-25(30)20-7-2-3-8-21(20)27-23(28)15-31-19-11-9-17-10-12-24(29)32-22(17)14-19/h2-14H,15H2,1H3,(H,26,30)(H,27,28). The maximum atomic E-state index is 12.7. The van der Waals surface area contributed by atoms with E-state index in [-0.39, 0.29) is 12.5 Å². The van der Waals surface area contributed by atoms with Crippen LogP contribution in [0.5, 0.6) is 5.75 Å². The molecule has 0 radical (unpaired) electrons. The van der Waals surface area contributed by atoms with Crippen molar-refractivity contribution < 1.29 is 18.7 Å². The van der Waals surface area contributed by atoms with Crippen LogP contribution in [-0.4, -0.2) is 18.4 Å². The fraction of sp³-hybridized carbons (Fsp3) is 0.0800. The van der Waals surface area contributed by atoms with E-state index in [1.807, 2.05) is 25.1 Å². The van der Waals surface area contributed by atoms with Crippen LogP contribution in [0.3, 0.4) is 0 Å². The van der Waals surface area contributed by atoms with Crippen molar-refractivity contribution in [3.8, 4) is 5.75 Å². The summed E-state index contributed by atoms with van der Waals surface area (Å²) in [5.41, 5.74) is 2.30. The summed E-state index contributed by atoms with van der Waals surface area (Å²) in [5, 5.41) is 6.29. The monoisotopic (exact) mass is 428 g/mol. The van der Waals surface area contributed by atoms with E-state index in [0.717, 1.165) is 10.9 Å². The minimum absolute atomic E-state index is 0.281. The largest absolute Gasteiger partial charge is 0.484 e. The SMILES string of the molecule is Cc1cccc(NC(=O)c2ccccc2NC(=O)COc2ccc3ccc(=O)oc3c2)c1. The van der Waals surface area contributed by atoms with Crippen LogP contribution in [0.2, 0.25) is 0 Å². The molecule has 3 aromatic carbocycles. The average Bonchev–Trinajstić information content (AvgIpc) is 2.77. The first-order chi connectivity index (χ1) is 15.5. The normalized spacial score (nSPS) is 10.5. The Balaban J connectivity index is 1.42. The van der Waals surface area contributed by atoms with Crippen LogP contribution in [0.4, 0.5) is 11.4 Å². The average molecular weight is 428 g/mol. The number of hydrogen-bond donors (Lipinski definition) is 2. The van der Waals surface area contributed by atoms with Crippen LogP contribution in [0, 0.1) is 6.92 Å². The predicted octanol–water partition coefficient (Wildman–Crippen LogP) is 4.37. The zero-order valence-corrected chi connectivity index (χ0v) is 17.3. The van der Waals surface area contributed by atoms with E-state index in [9.17, 15) is 14.4 Å². The van der Waals surface area contributed by atoms with E-state index in [1.54, 1.807) is 54.6 Å². The molecule has 1 aromatic heterocycles. The molecule has 0 fully saturated rings. The summed E-state index contributed by atoms with van der Waals surface area (Å²) >= 11 is 0. The van der Waals surface area contributed by atoms with Crippen molar-refractivity contribution in [1.29, 1.82) is 0 Å². The third kappa shape index (κ3) is 5.02. The van der Waals surface area contributed by atoms with Crippen LogP contribution >= 0.6 is 0 Å². The maximum absolute atomic E-state index is 12.7. The van der Waals surface area contributed by atoms with Gasteiger partial charge in [-0.1, -0.05) is 24.3 Å². The van der Waals surface area contributed by atoms with Gasteiger partial charge in [-0.05, 0) is 55.0 Å². The first-order valence-corrected chi connectivity index (χ1v) is 9.91. The number of amides is 2. The van der Waals surface area contributed by atoms with Crippen LogP contribution in [0.15, 0.2) is 88.1 Å². The van der Waals surface area contributed by atoms with Gasteiger partial charge in [-0.2, -0.15) is 0 Å². The number of nitrogens with one attached hydrogen (secondary N) is 2. The van der Waals surface area contributed by atoms with Crippen molar-refractivity contribution in [3.63, 3.8) is 0 Å². The molecule has 4 rings (SSSR count). The third-order valence-electron chi connectivity index (χ3n) is 4.69. The number of para-hydroxylation sites is 1. The molecule has 0 unspecified atom stereocenters. The Morgan fingerprint density at radius 3 is 2.56 bits per heavy atom. The molecule has 7 nitrogen and oxygen atoms in total. The second-order valence-electron chi connectivity index (χ2n) is 7.16. The zero-order valence-electron chi connectivity index (χ0n) is 17.3. The maximum Gasteiger partial charge on any atom is 0.336 e. The van der Waals surface area contributed by atoms with E-state index in [1.165, 1.54) is 6.07 Å².